The second-order valence-corrected chi connectivity index (χ2v) is 1.90. The standard InChI is InChI=1S/C6H9NO2/c1-7(8)5-6-3-2-4-9-6/h2-4,8H,5H2,1H3. The summed E-state index contributed by atoms with van der Waals surface area (Å²) in [5.41, 5.74) is 0. The second-order valence-electron chi connectivity index (χ2n) is 1.90. The van der Waals surface area contributed by atoms with Crippen molar-refractivity contribution in [2.75, 3.05) is 7.05 Å². The first-order chi connectivity index (χ1) is 4.29. The van der Waals surface area contributed by atoms with Gasteiger partial charge in [0.1, 0.15) is 5.76 Å². The van der Waals surface area contributed by atoms with Crippen LogP contribution in [-0.2, 0) is 6.54 Å². The molecule has 3 nitrogen and oxygen atoms in total. The van der Waals surface area contributed by atoms with Crippen LogP contribution < -0.4 is 0 Å². The third-order valence-electron chi connectivity index (χ3n) is 0.965. The zero-order chi connectivity index (χ0) is 6.69. The molecule has 0 saturated heterocycles. The monoisotopic (exact) mass is 127 g/mol. The molecule has 0 bridgehead atoms. The summed E-state index contributed by atoms with van der Waals surface area (Å²) >= 11 is 0. The van der Waals surface area contributed by atoms with Crippen molar-refractivity contribution >= 4 is 0 Å². The van der Waals surface area contributed by atoms with Gasteiger partial charge in [0.2, 0.25) is 0 Å². The molecule has 0 amide bonds. The van der Waals surface area contributed by atoms with Crippen molar-refractivity contribution in [2.24, 2.45) is 0 Å². The Labute approximate surface area is 53.5 Å². The molecule has 0 saturated carbocycles. The van der Waals surface area contributed by atoms with Crippen LogP contribution in [0.3, 0.4) is 0 Å². The van der Waals surface area contributed by atoms with Crippen molar-refractivity contribution in [1.82, 2.24) is 5.06 Å². The minimum atomic E-state index is 0.438. The summed E-state index contributed by atoms with van der Waals surface area (Å²) in [6, 6.07) is 3.60. The lowest BCUT2D eigenvalue weighted by molar-refractivity contribution is -0.0774. The van der Waals surface area contributed by atoms with Gasteiger partial charge >= 0.3 is 0 Å². The highest BCUT2D eigenvalue weighted by atomic mass is 16.5. The molecule has 0 aliphatic heterocycles. The van der Waals surface area contributed by atoms with E-state index in [2.05, 4.69) is 0 Å². The molecule has 0 spiro atoms. The van der Waals surface area contributed by atoms with Crippen molar-refractivity contribution in [3.8, 4) is 0 Å². The van der Waals surface area contributed by atoms with E-state index in [4.69, 9.17) is 9.62 Å². The fraction of sp³-hybridized carbons (Fsp3) is 0.333. The van der Waals surface area contributed by atoms with Crippen LogP contribution in [0.25, 0.3) is 0 Å². The number of rotatable bonds is 2. The van der Waals surface area contributed by atoms with Gasteiger partial charge in [-0.25, -0.2) is 0 Å². The van der Waals surface area contributed by atoms with E-state index in [1.807, 2.05) is 6.07 Å². The van der Waals surface area contributed by atoms with Crippen LogP contribution in [0.2, 0.25) is 0 Å². The largest absolute Gasteiger partial charge is 0.468 e. The van der Waals surface area contributed by atoms with Crippen LogP contribution in [0.1, 0.15) is 5.76 Å². The molecule has 0 aromatic carbocycles. The Hall–Kier alpha value is -0.800. The topological polar surface area (TPSA) is 36.6 Å². The van der Waals surface area contributed by atoms with E-state index >= 15 is 0 Å². The van der Waals surface area contributed by atoms with E-state index in [9.17, 15) is 0 Å². The van der Waals surface area contributed by atoms with Crippen LogP contribution in [0.15, 0.2) is 22.8 Å². The first kappa shape index (κ1) is 6.32. The zero-order valence-electron chi connectivity index (χ0n) is 5.24. The molecule has 9 heavy (non-hydrogen) atoms. The molecular formula is C6H9NO2. The highest BCUT2D eigenvalue weighted by Crippen LogP contribution is 2.00. The van der Waals surface area contributed by atoms with E-state index in [1.54, 1.807) is 19.4 Å². The fourth-order valence-electron chi connectivity index (χ4n) is 0.628. The molecule has 1 aromatic heterocycles. The first-order valence-corrected chi connectivity index (χ1v) is 2.71. The number of hydrogen-bond acceptors (Lipinski definition) is 3. The molecule has 1 rings (SSSR count). The minimum absolute atomic E-state index is 0.438. The summed E-state index contributed by atoms with van der Waals surface area (Å²) in [4.78, 5) is 0. The highest BCUT2D eigenvalue weighted by molar-refractivity contribution is 4.96. The number of hydrogen-bond donors (Lipinski definition) is 1. The highest BCUT2D eigenvalue weighted by Gasteiger charge is 1.96. The van der Waals surface area contributed by atoms with Crippen molar-refractivity contribution in [3.05, 3.63) is 24.2 Å². The lowest BCUT2D eigenvalue weighted by Gasteiger charge is -2.02. The van der Waals surface area contributed by atoms with Crippen molar-refractivity contribution < 1.29 is 9.62 Å². The molecular weight excluding hydrogens is 118 g/mol. The predicted octanol–water partition coefficient (Wildman–Crippen LogP) is 1.10. The van der Waals surface area contributed by atoms with Gasteiger partial charge in [-0.2, -0.15) is 5.06 Å². The molecule has 0 aliphatic rings. The van der Waals surface area contributed by atoms with Gasteiger partial charge in [-0.15, -0.1) is 0 Å². The van der Waals surface area contributed by atoms with Gasteiger partial charge in [-0.1, -0.05) is 0 Å². The van der Waals surface area contributed by atoms with Crippen LogP contribution >= 0.6 is 0 Å². The van der Waals surface area contributed by atoms with Crippen LogP contribution in [0, 0.1) is 0 Å². The van der Waals surface area contributed by atoms with E-state index in [0.29, 0.717) is 6.54 Å². The third kappa shape index (κ3) is 1.87. The summed E-state index contributed by atoms with van der Waals surface area (Å²) in [5, 5.41) is 9.77. The maximum atomic E-state index is 8.70. The predicted molar refractivity (Wildman–Crippen MR) is 32.0 cm³/mol. The Bertz CT molecular complexity index is 158. The molecule has 0 unspecified atom stereocenters. The van der Waals surface area contributed by atoms with E-state index in [1.165, 1.54) is 0 Å². The first-order valence-electron chi connectivity index (χ1n) is 2.71. The fourth-order valence-corrected chi connectivity index (χ4v) is 0.628. The Morgan fingerprint density at radius 2 is 2.56 bits per heavy atom. The van der Waals surface area contributed by atoms with Gasteiger partial charge < -0.3 is 9.62 Å². The maximum absolute atomic E-state index is 8.70. The van der Waals surface area contributed by atoms with E-state index in [-0.39, 0.29) is 0 Å². The van der Waals surface area contributed by atoms with Crippen LogP contribution in [0.5, 0.6) is 0 Å². The van der Waals surface area contributed by atoms with Gasteiger partial charge in [0.05, 0.1) is 12.8 Å². The third-order valence-corrected chi connectivity index (χ3v) is 0.965. The van der Waals surface area contributed by atoms with Gasteiger partial charge in [0.15, 0.2) is 0 Å². The Morgan fingerprint density at radius 1 is 1.78 bits per heavy atom. The van der Waals surface area contributed by atoms with E-state index < -0.39 is 0 Å². The maximum Gasteiger partial charge on any atom is 0.120 e. The molecule has 0 fully saturated rings. The number of hydroxylamine groups is 2. The molecule has 1 aromatic rings. The summed E-state index contributed by atoms with van der Waals surface area (Å²) in [5.74, 6) is 0.764. The summed E-state index contributed by atoms with van der Waals surface area (Å²) in [7, 11) is 1.57. The quantitative estimate of drug-likeness (QED) is 0.604. The van der Waals surface area contributed by atoms with Gasteiger partial charge in [-0.3, -0.25) is 0 Å². The number of nitrogens with zero attached hydrogens (tertiary/aromatic N) is 1. The Kier molecular flexibility index (Phi) is 1.87. The molecule has 50 valence electrons. The SMILES string of the molecule is CN(O)Cc1ccco1. The summed E-state index contributed by atoms with van der Waals surface area (Å²) < 4.78 is 4.94. The minimum Gasteiger partial charge on any atom is -0.468 e. The molecule has 0 atom stereocenters. The normalized spacial score (nSPS) is 10.6. The van der Waals surface area contributed by atoms with Gasteiger partial charge in [-0.05, 0) is 12.1 Å². The van der Waals surface area contributed by atoms with Gasteiger partial charge in [0.25, 0.3) is 0 Å². The molecule has 1 heterocycles. The van der Waals surface area contributed by atoms with Crippen molar-refractivity contribution in [2.45, 2.75) is 6.54 Å². The summed E-state index contributed by atoms with van der Waals surface area (Å²) in [6.07, 6.45) is 1.58. The Morgan fingerprint density at radius 3 is 3.00 bits per heavy atom. The van der Waals surface area contributed by atoms with Gasteiger partial charge in [0, 0.05) is 7.05 Å². The van der Waals surface area contributed by atoms with Crippen molar-refractivity contribution in [1.29, 1.82) is 0 Å². The molecule has 0 aliphatic carbocycles. The molecule has 3 heteroatoms. The van der Waals surface area contributed by atoms with Crippen LogP contribution in [-0.4, -0.2) is 17.3 Å². The van der Waals surface area contributed by atoms with Crippen molar-refractivity contribution in [3.63, 3.8) is 0 Å². The smallest absolute Gasteiger partial charge is 0.120 e. The average Bonchev–Trinajstić information content (AvgIpc) is 2.15. The molecule has 1 N–H and O–H groups in total. The number of furan rings is 1. The summed E-state index contributed by atoms with van der Waals surface area (Å²) in [6.45, 7) is 0.438. The lowest BCUT2D eigenvalue weighted by atomic mass is 10.4. The second kappa shape index (κ2) is 2.66. The Balaban J connectivity index is 2.48. The van der Waals surface area contributed by atoms with Crippen LogP contribution in [0.4, 0.5) is 0 Å². The lowest BCUT2D eigenvalue weighted by Crippen LogP contribution is -2.10. The zero-order valence-corrected chi connectivity index (χ0v) is 5.24. The molecule has 0 radical (unpaired) electrons. The average molecular weight is 127 g/mol. The van der Waals surface area contributed by atoms with E-state index in [0.717, 1.165) is 10.8 Å².